The molecule has 6 unspecified atom stereocenters. The Bertz CT molecular complexity index is 376. The Morgan fingerprint density at radius 3 is 2.89 bits per heavy atom. The Morgan fingerprint density at radius 2 is 2.17 bits per heavy atom. The van der Waals surface area contributed by atoms with Crippen LogP contribution in [0.4, 0.5) is 0 Å². The van der Waals surface area contributed by atoms with E-state index < -0.39 is 0 Å². The maximum Gasteiger partial charge on any atom is 0.308 e. The SMILES string of the molecule is CCC(C)C(=O)OC1CC2CC1C1C(=O)CCC21. The third-order valence-electron chi connectivity index (χ3n) is 5.49. The minimum atomic E-state index is -0.0722. The third kappa shape index (κ3) is 1.70. The largest absolute Gasteiger partial charge is 0.462 e. The second kappa shape index (κ2) is 4.36. The van der Waals surface area contributed by atoms with Gasteiger partial charge in [-0.25, -0.2) is 0 Å². The monoisotopic (exact) mass is 250 g/mol. The van der Waals surface area contributed by atoms with Crippen LogP contribution >= 0.6 is 0 Å². The molecule has 0 aromatic carbocycles. The van der Waals surface area contributed by atoms with E-state index in [0.29, 0.717) is 23.5 Å². The molecule has 3 saturated carbocycles. The molecule has 3 nitrogen and oxygen atoms in total. The van der Waals surface area contributed by atoms with Gasteiger partial charge in [-0.05, 0) is 37.5 Å². The fourth-order valence-electron chi connectivity index (χ4n) is 4.34. The normalized spacial score (nSPS) is 43.0. The molecule has 0 saturated heterocycles. The van der Waals surface area contributed by atoms with E-state index in [1.165, 1.54) is 0 Å². The summed E-state index contributed by atoms with van der Waals surface area (Å²) in [5.41, 5.74) is 0. The zero-order valence-corrected chi connectivity index (χ0v) is 11.2. The summed E-state index contributed by atoms with van der Waals surface area (Å²) in [4.78, 5) is 23.8. The van der Waals surface area contributed by atoms with Gasteiger partial charge < -0.3 is 4.74 Å². The first-order valence-electron chi connectivity index (χ1n) is 7.35. The lowest BCUT2D eigenvalue weighted by Gasteiger charge is -2.30. The molecule has 0 amide bonds. The number of Topliss-reactive ketones (excluding diaryl/α,β-unsaturated/α-hetero) is 1. The molecule has 6 atom stereocenters. The molecule has 3 rings (SSSR count). The number of ketones is 1. The Morgan fingerprint density at radius 1 is 1.39 bits per heavy atom. The van der Waals surface area contributed by atoms with Crippen molar-refractivity contribution in [2.45, 2.75) is 52.1 Å². The average molecular weight is 250 g/mol. The lowest BCUT2D eigenvalue weighted by Crippen LogP contribution is -2.35. The number of hydrogen-bond donors (Lipinski definition) is 0. The Labute approximate surface area is 108 Å². The van der Waals surface area contributed by atoms with Gasteiger partial charge in [-0.2, -0.15) is 0 Å². The number of fused-ring (bicyclic) bond motifs is 5. The Hall–Kier alpha value is -0.860. The van der Waals surface area contributed by atoms with Gasteiger partial charge in [0.25, 0.3) is 0 Å². The molecule has 0 radical (unpaired) electrons. The van der Waals surface area contributed by atoms with E-state index in [1.54, 1.807) is 0 Å². The molecule has 0 aromatic heterocycles. The highest BCUT2D eigenvalue weighted by Gasteiger charge is 2.58. The van der Waals surface area contributed by atoms with Gasteiger partial charge in [0, 0.05) is 18.3 Å². The highest BCUT2D eigenvalue weighted by atomic mass is 16.5. The van der Waals surface area contributed by atoms with Crippen molar-refractivity contribution in [3.05, 3.63) is 0 Å². The Kier molecular flexibility index (Phi) is 2.95. The summed E-state index contributed by atoms with van der Waals surface area (Å²) in [5.74, 6) is 2.15. The minimum Gasteiger partial charge on any atom is -0.462 e. The molecule has 18 heavy (non-hydrogen) atoms. The summed E-state index contributed by atoms with van der Waals surface area (Å²) in [6.07, 6.45) is 4.80. The van der Waals surface area contributed by atoms with Gasteiger partial charge in [-0.15, -0.1) is 0 Å². The predicted octanol–water partition coefficient (Wildman–Crippen LogP) is 2.58. The van der Waals surface area contributed by atoms with Crippen molar-refractivity contribution in [2.24, 2.45) is 29.6 Å². The van der Waals surface area contributed by atoms with Crippen LogP contribution in [0.25, 0.3) is 0 Å². The summed E-state index contributed by atoms with van der Waals surface area (Å²) in [6, 6.07) is 0. The van der Waals surface area contributed by atoms with Gasteiger partial charge in [0.05, 0.1) is 5.92 Å². The van der Waals surface area contributed by atoms with Crippen LogP contribution < -0.4 is 0 Å². The number of carbonyl (C=O) groups is 2. The topological polar surface area (TPSA) is 43.4 Å². The van der Waals surface area contributed by atoms with E-state index in [9.17, 15) is 9.59 Å². The van der Waals surface area contributed by atoms with Crippen LogP contribution in [0.1, 0.15) is 46.0 Å². The van der Waals surface area contributed by atoms with E-state index in [2.05, 4.69) is 0 Å². The van der Waals surface area contributed by atoms with Gasteiger partial charge in [-0.1, -0.05) is 13.8 Å². The smallest absolute Gasteiger partial charge is 0.308 e. The van der Waals surface area contributed by atoms with E-state index in [0.717, 1.165) is 32.1 Å². The van der Waals surface area contributed by atoms with E-state index in [-0.39, 0.29) is 23.9 Å². The number of hydrogen-bond acceptors (Lipinski definition) is 3. The molecule has 100 valence electrons. The quantitative estimate of drug-likeness (QED) is 0.723. The molecule has 0 heterocycles. The van der Waals surface area contributed by atoms with Gasteiger partial charge in [0.2, 0.25) is 0 Å². The van der Waals surface area contributed by atoms with E-state index in [4.69, 9.17) is 4.74 Å². The Balaban J connectivity index is 1.67. The second-order valence-corrected chi connectivity index (χ2v) is 6.37. The molecule has 0 N–H and O–H groups in total. The molecule has 3 aliphatic rings. The first-order valence-corrected chi connectivity index (χ1v) is 7.35. The molecular formula is C15H22O3. The molecule has 0 aromatic rings. The fourth-order valence-corrected chi connectivity index (χ4v) is 4.34. The molecule has 2 bridgehead atoms. The molecule has 0 spiro atoms. The van der Waals surface area contributed by atoms with Crippen LogP contribution in [0.5, 0.6) is 0 Å². The van der Waals surface area contributed by atoms with E-state index >= 15 is 0 Å². The number of rotatable bonds is 3. The van der Waals surface area contributed by atoms with Crippen LogP contribution in [0.15, 0.2) is 0 Å². The number of esters is 1. The molecular weight excluding hydrogens is 228 g/mol. The van der Waals surface area contributed by atoms with Crippen molar-refractivity contribution in [1.82, 2.24) is 0 Å². The number of ether oxygens (including phenoxy) is 1. The predicted molar refractivity (Wildman–Crippen MR) is 66.8 cm³/mol. The van der Waals surface area contributed by atoms with Crippen LogP contribution in [-0.4, -0.2) is 17.9 Å². The second-order valence-electron chi connectivity index (χ2n) is 6.37. The molecule has 3 heteroatoms. The lowest BCUT2D eigenvalue weighted by molar-refractivity contribution is -0.158. The summed E-state index contributed by atoms with van der Waals surface area (Å²) in [5, 5.41) is 0. The lowest BCUT2D eigenvalue weighted by atomic mass is 9.80. The third-order valence-corrected chi connectivity index (χ3v) is 5.49. The van der Waals surface area contributed by atoms with Crippen molar-refractivity contribution in [3.63, 3.8) is 0 Å². The van der Waals surface area contributed by atoms with E-state index in [1.807, 2.05) is 13.8 Å². The standard InChI is InChI=1S/C15H22O3/c1-3-8(2)15(17)18-13-7-9-6-11(13)14-10(9)4-5-12(14)16/h8-11,13-14H,3-7H2,1-2H3. The zero-order valence-electron chi connectivity index (χ0n) is 11.2. The van der Waals surface area contributed by atoms with Crippen molar-refractivity contribution in [3.8, 4) is 0 Å². The molecule has 3 fully saturated rings. The molecule has 3 aliphatic carbocycles. The average Bonchev–Trinajstić information content (AvgIpc) is 3.01. The summed E-state index contributed by atoms with van der Waals surface area (Å²) < 4.78 is 5.66. The first-order chi connectivity index (χ1) is 8.61. The highest BCUT2D eigenvalue weighted by Crippen LogP contribution is 2.58. The highest BCUT2D eigenvalue weighted by molar-refractivity contribution is 5.84. The zero-order chi connectivity index (χ0) is 12.9. The van der Waals surface area contributed by atoms with Crippen LogP contribution in [0, 0.1) is 29.6 Å². The van der Waals surface area contributed by atoms with Crippen LogP contribution in [0.3, 0.4) is 0 Å². The van der Waals surface area contributed by atoms with Gasteiger partial charge in [0.1, 0.15) is 11.9 Å². The van der Waals surface area contributed by atoms with Crippen molar-refractivity contribution >= 4 is 11.8 Å². The maximum absolute atomic E-state index is 11.9. The maximum atomic E-state index is 11.9. The summed E-state index contributed by atoms with van der Waals surface area (Å²) in [6.45, 7) is 3.92. The first kappa shape index (κ1) is 12.2. The van der Waals surface area contributed by atoms with Gasteiger partial charge in [0.15, 0.2) is 0 Å². The molecule has 0 aliphatic heterocycles. The van der Waals surface area contributed by atoms with Crippen molar-refractivity contribution in [1.29, 1.82) is 0 Å². The fraction of sp³-hybridized carbons (Fsp3) is 0.867. The van der Waals surface area contributed by atoms with Gasteiger partial charge >= 0.3 is 5.97 Å². The van der Waals surface area contributed by atoms with Crippen LogP contribution in [-0.2, 0) is 14.3 Å². The van der Waals surface area contributed by atoms with Crippen molar-refractivity contribution < 1.29 is 14.3 Å². The van der Waals surface area contributed by atoms with Gasteiger partial charge in [-0.3, -0.25) is 9.59 Å². The number of carbonyl (C=O) groups excluding carboxylic acids is 2. The minimum absolute atomic E-state index is 0.0146. The summed E-state index contributed by atoms with van der Waals surface area (Å²) >= 11 is 0. The van der Waals surface area contributed by atoms with Crippen LogP contribution in [0.2, 0.25) is 0 Å². The van der Waals surface area contributed by atoms with Crippen molar-refractivity contribution in [2.75, 3.05) is 0 Å². The summed E-state index contributed by atoms with van der Waals surface area (Å²) in [7, 11) is 0.